The second-order valence-electron chi connectivity index (χ2n) is 10.4. The predicted molar refractivity (Wildman–Crippen MR) is 162 cm³/mol. The number of hydrogen-bond donors (Lipinski definition) is 0. The average Bonchev–Trinajstić information content (AvgIpc) is 3.02. The molecule has 0 spiro atoms. The van der Waals surface area contributed by atoms with Crippen molar-refractivity contribution in [1.82, 2.24) is 4.98 Å². The third kappa shape index (κ3) is 2.75. The van der Waals surface area contributed by atoms with Crippen molar-refractivity contribution in [3.8, 4) is 33.4 Å². The number of anilines is 5. The quantitative estimate of drug-likeness (QED) is 0.233. The van der Waals surface area contributed by atoms with E-state index in [4.69, 9.17) is 4.98 Å². The smallest absolute Gasteiger partial charge is 0.333 e. The van der Waals surface area contributed by atoms with Gasteiger partial charge in [-0.15, -0.1) is 0 Å². The molecule has 4 heterocycles. The van der Waals surface area contributed by atoms with Gasteiger partial charge in [0.1, 0.15) is 0 Å². The summed E-state index contributed by atoms with van der Waals surface area (Å²) in [5.41, 5.74) is 16.1. The van der Waals surface area contributed by atoms with E-state index in [0.717, 1.165) is 11.4 Å². The van der Waals surface area contributed by atoms with Crippen LogP contribution >= 0.6 is 0 Å². The van der Waals surface area contributed by atoms with Crippen LogP contribution in [0.1, 0.15) is 0 Å². The van der Waals surface area contributed by atoms with Gasteiger partial charge in [0.05, 0.1) is 11.9 Å². The maximum atomic E-state index is 4.81. The first-order chi connectivity index (χ1) is 19.4. The molecular weight excluding hydrogens is 473 g/mol. The van der Waals surface area contributed by atoms with Crippen LogP contribution in [-0.2, 0) is 0 Å². The van der Waals surface area contributed by atoms with Crippen LogP contribution in [0, 0.1) is 0 Å². The van der Waals surface area contributed by atoms with Gasteiger partial charge in [0, 0.05) is 45.6 Å². The van der Waals surface area contributed by atoms with Crippen molar-refractivity contribution >= 4 is 46.2 Å². The summed E-state index contributed by atoms with van der Waals surface area (Å²) in [6, 6.07) is 43.9. The molecule has 0 saturated heterocycles. The van der Waals surface area contributed by atoms with Crippen LogP contribution in [0.15, 0.2) is 134 Å². The van der Waals surface area contributed by atoms with Crippen LogP contribution in [0.4, 0.5) is 28.4 Å². The zero-order chi connectivity index (χ0) is 25.5. The highest BCUT2D eigenvalue weighted by atomic mass is 15.2. The van der Waals surface area contributed by atoms with E-state index in [1.165, 1.54) is 61.4 Å². The van der Waals surface area contributed by atoms with E-state index in [-0.39, 0.29) is 6.85 Å². The van der Waals surface area contributed by atoms with Crippen molar-refractivity contribution in [3.05, 3.63) is 134 Å². The van der Waals surface area contributed by atoms with E-state index in [1.807, 2.05) is 0 Å². The molecule has 1 aromatic heterocycles. The lowest BCUT2D eigenvalue weighted by Crippen LogP contribution is -2.63. The molecule has 6 aromatic rings. The summed E-state index contributed by atoms with van der Waals surface area (Å²) in [6.07, 6.45) is 4.11. The Hall–Kier alpha value is -5.09. The van der Waals surface area contributed by atoms with Gasteiger partial charge >= 0.3 is 6.85 Å². The minimum Gasteiger partial charge on any atom is -0.376 e. The standard InChI is InChI=1S/C35H22BN3/c1-2-10-23(11-3-1)24-12-8-13-25(20-24)38-32-19-9-16-28-26-14-4-6-17-30(26)39-31-18-7-5-15-27(31)29-21-37-22-33(38)35(29)36(39)34(28)32/h1-22H. The molecule has 39 heavy (non-hydrogen) atoms. The number of aromatic nitrogens is 1. The number of para-hydroxylation sites is 2. The van der Waals surface area contributed by atoms with Gasteiger partial charge < -0.3 is 9.71 Å². The zero-order valence-electron chi connectivity index (χ0n) is 21.1. The summed E-state index contributed by atoms with van der Waals surface area (Å²) in [5, 5.41) is 0. The fraction of sp³-hybridized carbons (Fsp3) is 0. The SMILES string of the molecule is c1ccc(-c2cccc(N3c4cccc5c4B4c6c(cncc63)-c3ccccc3N4c3ccccc3-5)c2)cc1. The number of rotatable bonds is 2. The molecule has 0 radical (unpaired) electrons. The van der Waals surface area contributed by atoms with Crippen molar-refractivity contribution in [2.24, 2.45) is 0 Å². The van der Waals surface area contributed by atoms with Gasteiger partial charge in [-0.25, -0.2) is 0 Å². The van der Waals surface area contributed by atoms with Gasteiger partial charge in [0.25, 0.3) is 0 Å². The molecule has 0 aliphatic carbocycles. The summed E-state index contributed by atoms with van der Waals surface area (Å²) >= 11 is 0. The number of fused-ring (bicyclic) bond motifs is 6. The van der Waals surface area contributed by atoms with Crippen LogP contribution in [-0.4, -0.2) is 11.8 Å². The summed E-state index contributed by atoms with van der Waals surface area (Å²) in [4.78, 5) is 9.79. The van der Waals surface area contributed by atoms with Crippen molar-refractivity contribution in [2.75, 3.05) is 9.71 Å². The van der Waals surface area contributed by atoms with Gasteiger partial charge in [0.15, 0.2) is 0 Å². The van der Waals surface area contributed by atoms with Gasteiger partial charge in [-0.1, -0.05) is 91.0 Å². The average molecular weight is 495 g/mol. The first-order valence-electron chi connectivity index (χ1n) is 13.4. The number of benzene rings is 5. The molecule has 180 valence electrons. The summed E-state index contributed by atoms with van der Waals surface area (Å²) in [6.45, 7) is 0.0857. The Kier molecular flexibility index (Phi) is 4.14. The van der Waals surface area contributed by atoms with E-state index in [0.29, 0.717) is 0 Å². The van der Waals surface area contributed by atoms with E-state index in [2.05, 4.69) is 143 Å². The van der Waals surface area contributed by atoms with Crippen LogP contribution < -0.4 is 20.6 Å². The Balaban J connectivity index is 1.39. The molecule has 4 heteroatoms. The van der Waals surface area contributed by atoms with Gasteiger partial charge in [0.2, 0.25) is 0 Å². The minimum atomic E-state index is 0.0857. The minimum absolute atomic E-state index is 0.0857. The van der Waals surface area contributed by atoms with Crippen LogP contribution in [0.5, 0.6) is 0 Å². The van der Waals surface area contributed by atoms with Gasteiger partial charge in [-0.3, -0.25) is 4.98 Å². The molecule has 5 aromatic carbocycles. The van der Waals surface area contributed by atoms with Crippen molar-refractivity contribution in [1.29, 1.82) is 0 Å². The Bertz CT molecular complexity index is 1850. The molecule has 3 aliphatic rings. The van der Waals surface area contributed by atoms with Crippen molar-refractivity contribution in [2.45, 2.75) is 0 Å². The molecule has 3 nitrogen and oxygen atoms in total. The maximum absolute atomic E-state index is 4.81. The Morgan fingerprint density at radius 3 is 1.90 bits per heavy atom. The van der Waals surface area contributed by atoms with Crippen LogP contribution in [0.25, 0.3) is 33.4 Å². The first kappa shape index (κ1) is 20.9. The fourth-order valence-corrected chi connectivity index (χ4v) is 6.91. The maximum Gasteiger partial charge on any atom is 0.333 e. The highest BCUT2D eigenvalue weighted by Crippen LogP contribution is 2.50. The summed E-state index contributed by atoms with van der Waals surface area (Å²) in [5.74, 6) is 0. The molecule has 0 amide bonds. The Morgan fingerprint density at radius 1 is 0.462 bits per heavy atom. The van der Waals surface area contributed by atoms with Crippen molar-refractivity contribution in [3.63, 3.8) is 0 Å². The summed E-state index contributed by atoms with van der Waals surface area (Å²) in [7, 11) is 0. The lowest BCUT2D eigenvalue weighted by molar-refractivity contribution is 1.22. The second-order valence-corrected chi connectivity index (χ2v) is 10.4. The molecule has 0 bridgehead atoms. The van der Waals surface area contributed by atoms with E-state index in [9.17, 15) is 0 Å². The summed E-state index contributed by atoms with van der Waals surface area (Å²) < 4.78 is 0. The van der Waals surface area contributed by atoms with Crippen molar-refractivity contribution < 1.29 is 0 Å². The third-order valence-electron chi connectivity index (χ3n) is 8.46. The zero-order valence-corrected chi connectivity index (χ0v) is 21.1. The van der Waals surface area contributed by atoms with Gasteiger partial charge in [-0.2, -0.15) is 0 Å². The molecule has 3 aliphatic heterocycles. The molecule has 0 unspecified atom stereocenters. The first-order valence-corrected chi connectivity index (χ1v) is 13.4. The molecule has 0 fully saturated rings. The lowest BCUT2D eigenvalue weighted by Gasteiger charge is -2.48. The molecule has 9 rings (SSSR count). The van der Waals surface area contributed by atoms with Crippen LogP contribution in [0.2, 0.25) is 0 Å². The molecular formula is C35H22BN3. The fourth-order valence-electron chi connectivity index (χ4n) is 6.91. The predicted octanol–water partition coefficient (Wildman–Crippen LogP) is 7.44. The van der Waals surface area contributed by atoms with Crippen LogP contribution in [0.3, 0.4) is 0 Å². The molecule has 0 atom stereocenters. The monoisotopic (exact) mass is 495 g/mol. The largest absolute Gasteiger partial charge is 0.376 e. The van der Waals surface area contributed by atoms with E-state index in [1.54, 1.807) is 0 Å². The molecule has 0 N–H and O–H groups in total. The Labute approximate surface area is 227 Å². The lowest BCUT2D eigenvalue weighted by atomic mass is 9.41. The second kappa shape index (κ2) is 7.72. The highest BCUT2D eigenvalue weighted by molar-refractivity contribution is 6.95. The number of pyridine rings is 1. The topological polar surface area (TPSA) is 19.4 Å². The number of hydrogen-bond acceptors (Lipinski definition) is 3. The van der Waals surface area contributed by atoms with E-state index >= 15 is 0 Å². The van der Waals surface area contributed by atoms with Gasteiger partial charge in [-0.05, 0) is 57.9 Å². The van der Waals surface area contributed by atoms with E-state index < -0.39 is 0 Å². The Morgan fingerprint density at radius 2 is 1.08 bits per heavy atom. The normalized spacial score (nSPS) is 13.5. The molecule has 0 saturated carbocycles. The highest BCUT2D eigenvalue weighted by Gasteiger charge is 2.48. The third-order valence-corrected chi connectivity index (χ3v) is 8.46. The number of nitrogens with zero attached hydrogens (tertiary/aromatic N) is 3.